The number of hydrogen-bond acceptors (Lipinski definition) is 3. The van der Waals surface area contributed by atoms with E-state index in [4.69, 9.17) is 9.84 Å². The predicted octanol–water partition coefficient (Wildman–Crippen LogP) is 2.06. The number of rotatable bonds is 2. The lowest BCUT2D eigenvalue weighted by molar-refractivity contribution is -0.139. The lowest BCUT2D eigenvalue weighted by Gasteiger charge is -2.35. The molecule has 1 N–H and O–H groups in total. The normalized spacial score (nSPS) is 24.8. The molecule has 0 aromatic rings. The number of halogens is 1. The molecule has 1 aliphatic heterocycles. The molecule has 0 radical (unpaired) electrons. The number of carboxylic acid groups (broad SMARTS) is 1. The molecule has 0 aliphatic carbocycles. The zero-order valence-electron chi connectivity index (χ0n) is 11.0. The molecule has 0 bridgehead atoms. The summed E-state index contributed by atoms with van der Waals surface area (Å²) in [6.45, 7) is 5.49. The second kappa shape index (κ2) is 5.54. The van der Waals surface area contributed by atoms with Gasteiger partial charge in [0, 0.05) is 12.5 Å². The number of ether oxygens (including phenoxy) is 1. The van der Waals surface area contributed by atoms with Gasteiger partial charge in [-0.1, -0.05) is 0 Å². The first kappa shape index (κ1) is 14.7. The lowest BCUT2D eigenvalue weighted by atomic mass is 9.92. The Bertz CT molecular complexity index is 327. The smallest absolute Gasteiger partial charge is 0.410 e. The summed E-state index contributed by atoms with van der Waals surface area (Å²) in [6, 6.07) is 0. The van der Waals surface area contributed by atoms with Gasteiger partial charge in [-0.3, -0.25) is 4.79 Å². The van der Waals surface area contributed by atoms with Crippen molar-refractivity contribution in [1.82, 2.24) is 4.90 Å². The van der Waals surface area contributed by atoms with Crippen molar-refractivity contribution >= 4 is 12.1 Å². The fraction of sp³-hybridized carbons (Fsp3) is 0.833. The molecule has 0 unspecified atom stereocenters. The van der Waals surface area contributed by atoms with Crippen LogP contribution in [-0.2, 0) is 9.53 Å². The Labute approximate surface area is 106 Å². The summed E-state index contributed by atoms with van der Waals surface area (Å²) in [5.74, 6) is -1.52. The largest absolute Gasteiger partial charge is 0.481 e. The van der Waals surface area contributed by atoms with Crippen molar-refractivity contribution in [2.24, 2.45) is 5.92 Å². The zero-order valence-corrected chi connectivity index (χ0v) is 11.0. The molecule has 0 aromatic carbocycles. The summed E-state index contributed by atoms with van der Waals surface area (Å²) >= 11 is 0. The van der Waals surface area contributed by atoms with Gasteiger partial charge in [0.1, 0.15) is 11.8 Å². The summed E-state index contributed by atoms with van der Waals surface area (Å²) in [4.78, 5) is 23.6. The number of piperidine rings is 1. The zero-order chi connectivity index (χ0) is 13.9. The van der Waals surface area contributed by atoms with Gasteiger partial charge in [-0.05, 0) is 27.2 Å². The molecule has 1 aliphatic rings. The number of amides is 1. The SMILES string of the molecule is CC(C)(C)OC(=O)N1CC[C@H](CC(=O)O)[C@@H](F)C1. The Kier molecular flexibility index (Phi) is 4.53. The number of hydrogen-bond donors (Lipinski definition) is 1. The van der Waals surface area contributed by atoms with E-state index in [0.717, 1.165) is 0 Å². The fourth-order valence-corrected chi connectivity index (χ4v) is 1.90. The average Bonchev–Trinajstić information content (AvgIpc) is 2.17. The van der Waals surface area contributed by atoms with Gasteiger partial charge in [-0.2, -0.15) is 0 Å². The van der Waals surface area contributed by atoms with E-state index in [1.807, 2.05) is 0 Å². The summed E-state index contributed by atoms with van der Waals surface area (Å²) < 4.78 is 18.9. The molecule has 104 valence electrons. The summed E-state index contributed by atoms with van der Waals surface area (Å²) in [6.07, 6.45) is -1.68. The maximum atomic E-state index is 13.7. The van der Waals surface area contributed by atoms with Crippen LogP contribution in [0.25, 0.3) is 0 Å². The van der Waals surface area contributed by atoms with Gasteiger partial charge in [-0.25, -0.2) is 9.18 Å². The Morgan fingerprint density at radius 2 is 2.06 bits per heavy atom. The highest BCUT2D eigenvalue weighted by Crippen LogP contribution is 2.24. The van der Waals surface area contributed by atoms with Crippen molar-refractivity contribution in [3.8, 4) is 0 Å². The second-order valence-corrected chi connectivity index (χ2v) is 5.59. The number of carbonyl (C=O) groups excluding carboxylic acids is 1. The number of carbonyl (C=O) groups is 2. The molecular formula is C12H20FNO4. The van der Waals surface area contributed by atoms with Crippen molar-refractivity contribution in [3.05, 3.63) is 0 Å². The van der Waals surface area contributed by atoms with Crippen molar-refractivity contribution in [1.29, 1.82) is 0 Å². The Morgan fingerprint density at radius 3 is 2.50 bits per heavy atom. The maximum absolute atomic E-state index is 13.7. The minimum absolute atomic E-state index is 0.0904. The van der Waals surface area contributed by atoms with E-state index in [-0.39, 0.29) is 13.0 Å². The number of nitrogens with zero attached hydrogens (tertiary/aromatic N) is 1. The van der Waals surface area contributed by atoms with Crippen LogP contribution in [0.5, 0.6) is 0 Å². The van der Waals surface area contributed by atoms with Gasteiger partial charge in [0.15, 0.2) is 0 Å². The van der Waals surface area contributed by atoms with Crippen LogP contribution in [0.1, 0.15) is 33.6 Å². The van der Waals surface area contributed by atoms with Crippen molar-refractivity contribution < 1.29 is 23.8 Å². The first-order valence-electron chi connectivity index (χ1n) is 6.03. The quantitative estimate of drug-likeness (QED) is 0.826. The van der Waals surface area contributed by atoms with Gasteiger partial charge in [0.25, 0.3) is 0 Å². The highest BCUT2D eigenvalue weighted by atomic mass is 19.1. The molecule has 1 rings (SSSR count). The monoisotopic (exact) mass is 261 g/mol. The fourth-order valence-electron chi connectivity index (χ4n) is 1.90. The van der Waals surface area contributed by atoms with E-state index < -0.39 is 29.8 Å². The number of alkyl halides is 1. The van der Waals surface area contributed by atoms with Crippen LogP contribution in [0.3, 0.4) is 0 Å². The van der Waals surface area contributed by atoms with Gasteiger partial charge in [-0.15, -0.1) is 0 Å². The predicted molar refractivity (Wildman–Crippen MR) is 63.1 cm³/mol. The van der Waals surface area contributed by atoms with E-state index in [1.54, 1.807) is 20.8 Å². The second-order valence-electron chi connectivity index (χ2n) is 5.59. The van der Waals surface area contributed by atoms with E-state index in [1.165, 1.54) is 4.90 Å². The van der Waals surface area contributed by atoms with Gasteiger partial charge >= 0.3 is 12.1 Å². The molecular weight excluding hydrogens is 241 g/mol. The Morgan fingerprint density at radius 1 is 1.44 bits per heavy atom. The molecule has 1 saturated heterocycles. The molecule has 5 nitrogen and oxygen atoms in total. The number of carboxylic acids is 1. The van der Waals surface area contributed by atoms with Crippen molar-refractivity contribution in [2.75, 3.05) is 13.1 Å². The Balaban J connectivity index is 2.50. The van der Waals surface area contributed by atoms with Crippen LogP contribution < -0.4 is 0 Å². The summed E-state index contributed by atoms with van der Waals surface area (Å²) in [5, 5.41) is 8.64. The average molecular weight is 261 g/mol. The van der Waals surface area contributed by atoms with Crippen LogP contribution in [0.15, 0.2) is 0 Å². The highest BCUT2D eigenvalue weighted by molar-refractivity contribution is 5.69. The third-order valence-electron chi connectivity index (χ3n) is 2.76. The highest BCUT2D eigenvalue weighted by Gasteiger charge is 2.34. The van der Waals surface area contributed by atoms with Crippen LogP contribution >= 0.6 is 0 Å². The molecule has 0 spiro atoms. The molecule has 0 aromatic heterocycles. The van der Waals surface area contributed by atoms with Crippen LogP contribution in [0.4, 0.5) is 9.18 Å². The van der Waals surface area contributed by atoms with Gasteiger partial charge in [0.05, 0.1) is 13.0 Å². The topological polar surface area (TPSA) is 66.8 Å². The third kappa shape index (κ3) is 4.50. The lowest BCUT2D eigenvalue weighted by Crippen LogP contribution is -2.47. The molecule has 2 atom stereocenters. The van der Waals surface area contributed by atoms with E-state index in [9.17, 15) is 14.0 Å². The molecule has 18 heavy (non-hydrogen) atoms. The summed E-state index contributed by atoms with van der Waals surface area (Å²) in [5.41, 5.74) is -0.610. The minimum atomic E-state index is -1.30. The minimum Gasteiger partial charge on any atom is -0.481 e. The van der Waals surface area contributed by atoms with E-state index >= 15 is 0 Å². The Hall–Kier alpha value is -1.33. The number of aliphatic carboxylic acids is 1. The first-order valence-corrected chi connectivity index (χ1v) is 6.03. The molecule has 1 heterocycles. The van der Waals surface area contributed by atoms with Crippen LogP contribution in [-0.4, -0.2) is 46.9 Å². The molecule has 0 saturated carbocycles. The van der Waals surface area contributed by atoms with Gasteiger partial charge in [0.2, 0.25) is 0 Å². The molecule has 1 fully saturated rings. The number of likely N-dealkylation sites (tertiary alicyclic amines) is 1. The standard InChI is InChI=1S/C12H20FNO4/c1-12(2,3)18-11(17)14-5-4-8(6-10(15)16)9(13)7-14/h8-9H,4-7H2,1-3H3,(H,15,16)/t8-,9+/m1/s1. The molecule has 6 heteroatoms. The van der Waals surface area contributed by atoms with Gasteiger partial charge < -0.3 is 14.7 Å². The van der Waals surface area contributed by atoms with Crippen molar-refractivity contribution in [3.63, 3.8) is 0 Å². The summed E-state index contributed by atoms with van der Waals surface area (Å²) in [7, 11) is 0. The maximum Gasteiger partial charge on any atom is 0.410 e. The van der Waals surface area contributed by atoms with E-state index in [0.29, 0.717) is 13.0 Å². The first-order chi connectivity index (χ1) is 8.19. The van der Waals surface area contributed by atoms with Crippen molar-refractivity contribution in [2.45, 2.75) is 45.4 Å². The van der Waals surface area contributed by atoms with E-state index in [2.05, 4.69) is 0 Å². The molecule has 1 amide bonds. The third-order valence-corrected chi connectivity index (χ3v) is 2.76. The van der Waals surface area contributed by atoms with Crippen LogP contribution in [0, 0.1) is 5.92 Å². The van der Waals surface area contributed by atoms with Crippen LogP contribution in [0.2, 0.25) is 0 Å².